The van der Waals surface area contributed by atoms with Crippen molar-refractivity contribution in [1.82, 2.24) is 0 Å². The van der Waals surface area contributed by atoms with E-state index in [2.05, 4.69) is 63.4 Å². The zero-order chi connectivity index (χ0) is 13.8. The summed E-state index contributed by atoms with van der Waals surface area (Å²) < 4.78 is 17.8. The van der Waals surface area contributed by atoms with E-state index < -0.39 is 42.3 Å². The van der Waals surface area contributed by atoms with Crippen LogP contribution in [0, 0.1) is 12.2 Å². The summed E-state index contributed by atoms with van der Waals surface area (Å²) in [5.74, 6) is 0. The standard InChI is InChI=1S/2C5H4.6CH3.Hf.2Pb.2H/c2*1-2-4-5-3-1;;;;;;;;;;;/h2*1-2H,3H2;6*1H3;;;;;/q2*-1;;;;;;;+4;;;2*-1. The van der Waals surface area contributed by atoms with Gasteiger partial charge in [-0.2, -0.15) is 0 Å². The molecule has 0 atom stereocenters. The van der Waals surface area contributed by atoms with Gasteiger partial charge in [0.2, 0.25) is 0 Å². The van der Waals surface area contributed by atoms with Gasteiger partial charge in [-0.3, -0.25) is 0 Å². The average Bonchev–Trinajstić information content (AvgIpc) is 2.91. The van der Waals surface area contributed by atoms with Crippen LogP contribution < -0.4 is 0 Å². The third-order valence-electron chi connectivity index (χ3n) is 3.01. The van der Waals surface area contributed by atoms with Crippen LogP contribution in [-0.4, -0.2) is 42.3 Å². The van der Waals surface area contributed by atoms with E-state index in [1.165, 1.54) is 0 Å². The molecule has 0 aromatic carbocycles. The van der Waals surface area contributed by atoms with E-state index in [1.54, 1.807) is 6.26 Å². The molecular weight excluding hydrogens is 785 g/mol. The Kier molecular flexibility index (Phi) is 9.75. The van der Waals surface area contributed by atoms with Crippen LogP contribution in [-0.2, 0) is 25.8 Å². The largest absolute Gasteiger partial charge is 4.00 e. The molecule has 0 spiro atoms. The Morgan fingerprint density at radius 2 is 1.11 bits per heavy atom. The minimum absolute atomic E-state index is 0. The molecule has 0 heterocycles. The third-order valence-corrected chi connectivity index (χ3v) is 18.2. The van der Waals surface area contributed by atoms with E-state index in [0.29, 0.717) is 0 Å². The molecule has 0 aromatic heterocycles. The molecule has 104 valence electrons. The van der Waals surface area contributed by atoms with Crippen molar-refractivity contribution < 1.29 is 28.7 Å². The van der Waals surface area contributed by atoms with Crippen molar-refractivity contribution in [3.63, 3.8) is 0 Å². The van der Waals surface area contributed by atoms with Gasteiger partial charge in [0.15, 0.2) is 0 Å². The minimum Gasteiger partial charge on any atom is -1.00 e. The fourth-order valence-corrected chi connectivity index (χ4v) is 11.6. The summed E-state index contributed by atoms with van der Waals surface area (Å²) in [6.45, 7) is 0. The van der Waals surface area contributed by atoms with Crippen LogP contribution in [0.25, 0.3) is 0 Å². The van der Waals surface area contributed by atoms with Crippen molar-refractivity contribution in [3.8, 4) is 0 Å². The van der Waals surface area contributed by atoms with E-state index in [4.69, 9.17) is 0 Å². The predicted octanol–water partition coefficient (Wildman–Crippen LogP) is 5.33. The second-order valence-electron chi connectivity index (χ2n) is 6.89. The molecule has 0 fully saturated rings. The van der Waals surface area contributed by atoms with Gasteiger partial charge < -0.3 is 2.85 Å². The number of allylic oxidation sites excluding steroid dienone is 8. The third kappa shape index (κ3) is 8.02. The Balaban J connectivity index is -0.000000270. The number of hydrogen-bond donors (Lipinski definition) is 0. The molecule has 0 aliphatic heterocycles. The van der Waals surface area contributed by atoms with Gasteiger partial charge in [-0.25, -0.2) is 0 Å². The summed E-state index contributed by atoms with van der Waals surface area (Å²) in [5, 5.41) is 0. The fourth-order valence-electron chi connectivity index (χ4n) is 1.84. The first-order valence-electron chi connectivity index (χ1n) is 6.77. The van der Waals surface area contributed by atoms with Crippen molar-refractivity contribution in [1.29, 1.82) is 0 Å². The van der Waals surface area contributed by atoms with Gasteiger partial charge in [-0.1, -0.05) is 0 Å². The Labute approximate surface area is 151 Å². The second-order valence-corrected chi connectivity index (χ2v) is 46.1. The van der Waals surface area contributed by atoms with Gasteiger partial charge in [0.1, 0.15) is 0 Å². The monoisotopic (exact) mass is 816 g/mol. The number of rotatable bonds is 2. The van der Waals surface area contributed by atoms with E-state index in [-0.39, 0.29) is 28.7 Å². The summed E-state index contributed by atoms with van der Waals surface area (Å²) in [6, 6.07) is 0. The van der Waals surface area contributed by atoms with E-state index >= 15 is 0 Å². The maximum atomic E-state index is 3.40. The molecule has 0 nitrogen and oxygen atoms in total. The van der Waals surface area contributed by atoms with Gasteiger partial charge in [-0.05, 0) is 0 Å². The Morgan fingerprint density at radius 1 is 0.789 bits per heavy atom. The summed E-state index contributed by atoms with van der Waals surface area (Å²) in [6.07, 6.45) is 17.9. The van der Waals surface area contributed by atoms with Crippen LogP contribution in [0.2, 0.25) is 26.9 Å². The van der Waals surface area contributed by atoms with Crippen molar-refractivity contribution >= 4 is 42.3 Å². The van der Waals surface area contributed by atoms with E-state index in [0.717, 1.165) is 12.8 Å². The first-order chi connectivity index (χ1) is 8.21. The molecule has 0 N–H and O–H groups in total. The van der Waals surface area contributed by atoms with Gasteiger partial charge in [-0.15, -0.1) is 0 Å². The van der Waals surface area contributed by atoms with Crippen molar-refractivity contribution in [2.75, 3.05) is 0 Å². The SMILES string of the molecule is [CH3][Pb]([CH3])([CH3])[C]1=[C-]CC=C1.[CH3][Pb]([CH3])([CH3])[C]1=[C-]CC=C1.[H-].[H-].[Hf+4]. The van der Waals surface area contributed by atoms with E-state index in [1.807, 2.05) is 0 Å². The fraction of sp³-hybridized carbons (Fsp3) is 0.500. The second kappa shape index (κ2) is 8.96. The van der Waals surface area contributed by atoms with Crippen molar-refractivity contribution in [2.24, 2.45) is 0 Å². The molecule has 0 radical (unpaired) electrons. The van der Waals surface area contributed by atoms with Crippen LogP contribution in [0.15, 0.2) is 30.6 Å². The van der Waals surface area contributed by atoms with Crippen LogP contribution in [0.3, 0.4) is 0 Å². The summed E-state index contributed by atoms with van der Waals surface area (Å²) in [7, 11) is 0. The van der Waals surface area contributed by atoms with Crippen LogP contribution in [0.5, 0.6) is 0 Å². The molecule has 2 rings (SSSR count). The summed E-state index contributed by atoms with van der Waals surface area (Å²) in [5.41, 5.74) is 0. The maximum absolute atomic E-state index is 3.40. The molecule has 0 amide bonds. The number of hydrogen-bond acceptors (Lipinski definition) is 0. The molecular formula is C16H28HfPb2. The Hall–Kier alpha value is 1.67. The smallest absolute Gasteiger partial charge is 1.00 e. The summed E-state index contributed by atoms with van der Waals surface area (Å²) >= 11 is -3.58. The molecule has 0 saturated heterocycles. The average molecular weight is 813 g/mol. The molecule has 19 heavy (non-hydrogen) atoms. The first kappa shape index (κ1) is 20.7. The molecule has 2 aliphatic carbocycles. The molecule has 0 saturated carbocycles. The topological polar surface area (TPSA) is 0 Å². The van der Waals surface area contributed by atoms with Gasteiger partial charge in [0.25, 0.3) is 0 Å². The van der Waals surface area contributed by atoms with Gasteiger partial charge in [0.05, 0.1) is 0 Å². The minimum atomic E-state index is -1.79. The molecule has 0 aromatic rings. The van der Waals surface area contributed by atoms with Crippen molar-refractivity contribution in [2.45, 2.75) is 39.7 Å². The molecule has 0 bridgehead atoms. The van der Waals surface area contributed by atoms with Gasteiger partial charge in [0, 0.05) is 0 Å². The van der Waals surface area contributed by atoms with Crippen LogP contribution >= 0.6 is 0 Å². The van der Waals surface area contributed by atoms with Crippen LogP contribution in [0.4, 0.5) is 0 Å². The zero-order valence-corrected chi connectivity index (χ0v) is 24.6. The molecule has 0 unspecified atom stereocenters. The maximum Gasteiger partial charge on any atom is 4.00 e. The normalized spacial score (nSPS) is 17.4. The van der Waals surface area contributed by atoms with E-state index in [9.17, 15) is 0 Å². The molecule has 2 aliphatic rings. The van der Waals surface area contributed by atoms with Crippen LogP contribution in [0.1, 0.15) is 15.7 Å². The Morgan fingerprint density at radius 3 is 1.21 bits per heavy atom. The zero-order valence-electron chi connectivity index (χ0n) is 15.2. The summed E-state index contributed by atoms with van der Waals surface area (Å²) in [4.78, 5) is 0. The van der Waals surface area contributed by atoms with Crippen molar-refractivity contribution in [3.05, 3.63) is 42.7 Å². The first-order valence-corrected chi connectivity index (χ1v) is 34.0. The quantitative estimate of drug-likeness (QED) is 0.262. The Bertz CT molecular complexity index is 371. The van der Waals surface area contributed by atoms with Gasteiger partial charge >= 0.3 is 151 Å². The predicted molar refractivity (Wildman–Crippen MR) is 89.9 cm³/mol. The molecule has 3 heteroatoms.